The predicted molar refractivity (Wildman–Crippen MR) is 88.8 cm³/mol. The van der Waals surface area contributed by atoms with E-state index in [1.807, 2.05) is 19.1 Å². The van der Waals surface area contributed by atoms with Crippen LogP contribution in [0.4, 0.5) is 0 Å². The highest BCUT2D eigenvalue weighted by molar-refractivity contribution is 5.97. The average Bonchev–Trinajstić information content (AvgIpc) is 3.03. The highest BCUT2D eigenvalue weighted by atomic mass is 16.6. The van der Waals surface area contributed by atoms with Gasteiger partial charge in [-0.15, -0.1) is 10.2 Å². The zero-order valence-corrected chi connectivity index (χ0v) is 14.4. The van der Waals surface area contributed by atoms with E-state index in [1.54, 1.807) is 24.0 Å². The first-order chi connectivity index (χ1) is 12.0. The number of ether oxygens (including phenoxy) is 1. The Morgan fingerprint density at radius 3 is 2.88 bits per heavy atom. The molecule has 130 valence electrons. The summed E-state index contributed by atoms with van der Waals surface area (Å²) in [6.07, 6.45) is 1.20. The normalized spacial score (nSPS) is 22.2. The molecule has 2 aliphatic rings. The van der Waals surface area contributed by atoms with Crippen molar-refractivity contribution in [3.05, 3.63) is 47.0 Å². The summed E-state index contributed by atoms with van der Waals surface area (Å²) in [5.74, 6) is 1.10. The molecule has 2 aromatic rings. The van der Waals surface area contributed by atoms with Crippen LogP contribution in [0.3, 0.4) is 0 Å². The average molecular weight is 340 g/mol. The van der Waals surface area contributed by atoms with Crippen LogP contribution in [0.15, 0.2) is 24.3 Å². The Bertz CT molecular complexity index is 860. The number of carbonyl (C=O) groups excluding carboxylic acids is 2. The van der Waals surface area contributed by atoms with E-state index in [1.165, 1.54) is 0 Å². The molecule has 3 heterocycles. The summed E-state index contributed by atoms with van der Waals surface area (Å²) >= 11 is 0. The molecule has 2 aliphatic heterocycles. The third-order valence-corrected chi connectivity index (χ3v) is 4.97. The first kappa shape index (κ1) is 15.8. The molecule has 0 fully saturated rings. The molecular weight excluding hydrogens is 320 g/mol. The number of carbonyl (C=O) groups is 2. The van der Waals surface area contributed by atoms with E-state index in [9.17, 15) is 9.59 Å². The first-order valence-electron chi connectivity index (χ1n) is 8.53. The Balaban J connectivity index is 1.58. The van der Waals surface area contributed by atoms with Crippen LogP contribution in [0.1, 0.15) is 41.4 Å². The quantitative estimate of drug-likeness (QED) is 0.772. The molecule has 0 saturated carbocycles. The molecule has 7 nitrogen and oxygen atoms in total. The van der Waals surface area contributed by atoms with Crippen LogP contribution in [0, 0.1) is 0 Å². The largest absolute Gasteiger partial charge is 0.445 e. The molecule has 25 heavy (non-hydrogen) atoms. The standard InChI is InChI=1S/C18H20N4O3/c1-3-14-19-20-15-11-21(8-9-22(14)15)17(24)18(2)10-12-6-4-5-7-13(12)16(23)25-18/h4-7H,3,8-11H2,1-2H3. The third kappa shape index (κ3) is 2.50. The second-order valence-corrected chi connectivity index (χ2v) is 6.72. The summed E-state index contributed by atoms with van der Waals surface area (Å²) in [6, 6.07) is 7.28. The van der Waals surface area contributed by atoms with E-state index in [0.717, 1.165) is 23.6 Å². The van der Waals surface area contributed by atoms with Gasteiger partial charge in [-0.25, -0.2) is 4.79 Å². The van der Waals surface area contributed by atoms with Crippen molar-refractivity contribution in [3.8, 4) is 0 Å². The molecule has 0 bridgehead atoms. The maximum Gasteiger partial charge on any atom is 0.339 e. The Hall–Kier alpha value is -2.70. The van der Waals surface area contributed by atoms with Crippen molar-refractivity contribution in [3.63, 3.8) is 0 Å². The predicted octanol–water partition coefficient (Wildman–Crippen LogP) is 1.35. The molecule has 4 rings (SSSR count). The van der Waals surface area contributed by atoms with Gasteiger partial charge in [-0.3, -0.25) is 4.79 Å². The van der Waals surface area contributed by atoms with Gasteiger partial charge in [0.25, 0.3) is 5.91 Å². The Kier molecular flexibility index (Phi) is 3.59. The van der Waals surface area contributed by atoms with Gasteiger partial charge in [-0.2, -0.15) is 0 Å². The van der Waals surface area contributed by atoms with Crippen molar-refractivity contribution in [1.29, 1.82) is 0 Å². The fourth-order valence-corrected chi connectivity index (χ4v) is 3.64. The highest BCUT2D eigenvalue weighted by Gasteiger charge is 2.45. The number of hydrogen-bond acceptors (Lipinski definition) is 5. The van der Waals surface area contributed by atoms with Gasteiger partial charge in [0.05, 0.1) is 12.1 Å². The van der Waals surface area contributed by atoms with Gasteiger partial charge in [-0.05, 0) is 18.6 Å². The van der Waals surface area contributed by atoms with Crippen LogP contribution in [0.2, 0.25) is 0 Å². The zero-order chi connectivity index (χ0) is 17.6. The minimum atomic E-state index is -1.18. The monoisotopic (exact) mass is 340 g/mol. The van der Waals surface area contributed by atoms with Crippen LogP contribution in [0.25, 0.3) is 0 Å². The number of cyclic esters (lactones) is 1. The fourth-order valence-electron chi connectivity index (χ4n) is 3.64. The summed E-state index contributed by atoms with van der Waals surface area (Å²) < 4.78 is 7.62. The van der Waals surface area contributed by atoms with Crippen molar-refractivity contribution >= 4 is 11.9 Å². The minimum Gasteiger partial charge on any atom is -0.445 e. The minimum absolute atomic E-state index is 0.178. The summed E-state index contributed by atoms with van der Waals surface area (Å²) in [5.41, 5.74) is 0.211. The lowest BCUT2D eigenvalue weighted by Gasteiger charge is -2.38. The summed E-state index contributed by atoms with van der Waals surface area (Å²) in [6.45, 7) is 5.35. The SMILES string of the molecule is CCc1nnc2n1CCN(C(=O)C1(C)Cc3ccccc3C(=O)O1)C2. The van der Waals surface area contributed by atoms with Gasteiger partial charge in [-0.1, -0.05) is 25.1 Å². The van der Waals surface area contributed by atoms with Crippen molar-refractivity contribution in [2.24, 2.45) is 0 Å². The topological polar surface area (TPSA) is 77.3 Å². The lowest BCUT2D eigenvalue weighted by Crippen LogP contribution is -2.54. The van der Waals surface area contributed by atoms with Gasteiger partial charge in [0.2, 0.25) is 0 Å². The molecule has 1 amide bonds. The second kappa shape index (κ2) is 5.68. The number of nitrogens with zero attached hydrogens (tertiary/aromatic N) is 4. The fraction of sp³-hybridized carbons (Fsp3) is 0.444. The van der Waals surface area contributed by atoms with E-state index < -0.39 is 11.6 Å². The van der Waals surface area contributed by atoms with Crippen LogP contribution in [-0.2, 0) is 35.5 Å². The van der Waals surface area contributed by atoms with Crippen LogP contribution in [0.5, 0.6) is 0 Å². The second-order valence-electron chi connectivity index (χ2n) is 6.72. The first-order valence-corrected chi connectivity index (χ1v) is 8.53. The van der Waals surface area contributed by atoms with Crippen LogP contribution in [-0.4, -0.2) is 43.7 Å². The Labute approximate surface area is 145 Å². The Morgan fingerprint density at radius 2 is 2.08 bits per heavy atom. The number of esters is 1. The van der Waals surface area contributed by atoms with E-state index in [0.29, 0.717) is 31.6 Å². The van der Waals surface area contributed by atoms with Crippen molar-refractivity contribution < 1.29 is 14.3 Å². The number of fused-ring (bicyclic) bond motifs is 2. The van der Waals surface area contributed by atoms with Crippen molar-refractivity contribution in [2.75, 3.05) is 6.54 Å². The molecular formula is C18H20N4O3. The summed E-state index contributed by atoms with van der Waals surface area (Å²) in [4.78, 5) is 27.1. The smallest absolute Gasteiger partial charge is 0.339 e. The van der Waals surface area contributed by atoms with E-state index in [2.05, 4.69) is 14.8 Å². The molecule has 1 aromatic heterocycles. The summed E-state index contributed by atoms with van der Waals surface area (Å²) in [7, 11) is 0. The van der Waals surface area contributed by atoms with Gasteiger partial charge in [0, 0.05) is 25.9 Å². The van der Waals surface area contributed by atoms with Crippen LogP contribution < -0.4 is 0 Å². The molecule has 0 saturated heterocycles. The highest BCUT2D eigenvalue weighted by Crippen LogP contribution is 2.30. The maximum absolute atomic E-state index is 13.1. The molecule has 1 atom stereocenters. The number of aromatic nitrogens is 3. The van der Waals surface area contributed by atoms with Gasteiger partial charge in [0.15, 0.2) is 11.4 Å². The number of benzene rings is 1. The Morgan fingerprint density at radius 1 is 1.28 bits per heavy atom. The number of amides is 1. The number of rotatable bonds is 2. The number of hydrogen-bond donors (Lipinski definition) is 0. The molecule has 0 N–H and O–H groups in total. The van der Waals surface area contributed by atoms with Gasteiger partial charge in [0.1, 0.15) is 5.82 Å². The molecule has 1 aromatic carbocycles. The third-order valence-electron chi connectivity index (χ3n) is 4.97. The van der Waals surface area contributed by atoms with Crippen LogP contribution >= 0.6 is 0 Å². The molecule has 0 radical (unpaired) electrons. The lowest BCUT2D eigenvalue weighted by atomic mass is 9.88. The molecule has 7 heteroatoms. The lowest BCUT2D eigenvalue weighted by molar-refractivity contribution is -0.152. The molecule has 1 unspecified atom stereocenters. The maximum atomic E-state index is 13.1. The van der Waals surface area contributed by atoms with E-state index in [4.69, 9.17) is 4.74 Å². The van der Waals surface area contributed by atoms with Gasteiger partial charge < -0.3 is 14.2 Å². The molecule has 0 aliphatic carbocycles. The van der Waals surface area contributed by atoms with Crippen molar-refractivity contribution in [2.45, 2.75) is 45.4 Å². The van der Waals surface area contributed by atoms with E-state index >= 15 is 0 Å². The zero-order valence-electron chi connectivity index (χ0n) is 14.4. The van der Waals surface area contributed by atoms with Gasteiger partial charge >= 0.3 is 5.97 Å². The van der Waals surface area contributed by atoms with E-state index in [-0.39, 0.29) is 5.91 Å². The van der Waals surface area contributed by atoms with Crippen molar-refractivity contribution in [1.82, 2.24) is 19.7 Å². The summed E-state index contributed by atoms with van der Waals surface area (Å²) in [5, 5.41) is 8.36. The number of aryl methyl sites for hydroxylation is 1. The molecule has 0 spiro atoms.